The number of rotatable bonds is 6. The van der Waals surface area contributed by atoms with Crippen molar-refractivity contribution in [3.63, 3.8) is 0 Å². The molecular weight excluding hydrogens is 453 g/mol. The van der Waals surface area contributed by atoms with E-state index in [9.17, 15) is 9.59 Å². The molecule has 5 nitrogen and oxygen atoms in total. The number of thioether (sulfide) groups is 1. The van der Waals surface area contributed by atoms with Crippen molar-refractivity contribution in [1.82, 2.24) is 4.90 Å². The van der Waals surface area contributed by atoms with Crippen LogP contribution in [0.2, 0.25) is 0 Å². The van der Waals surface area contributed by atoms with E-state index in [2.05, 4.69) is 28.5 Å². The van der Waals surface area contributed by atoms with Crippen LogP contribution in [-0.2, 0) is 4.79 Å². The van der Waals surface area contributed by atoms with Gasteiger partial charge in [0.25, 0.3) is 11.1 Å². The lowest BCUT2D eigenvalue weighted by Crippen LogP contribution is -2.28. The number of methoxy groups -OCH3 is 1. The van der Waals surface area contributed by atoms with Crippen LogP contribution >= 0.6 is 34.4 Å². The van der Waals surface area contributed by atoms with Gasteiger partial charge in [-0.15, -0.1) is 6.42 Å². The number of carbonyl (C=O) groups excluding carboxylic acids is 2. The summed E-state index contributed by atoms with van der Waals surface area (Å²) >= 11 is 3.05. The lowest BCUT2D eigenvalue weighted by Gasteiger charge is -2.17. The van der Waals surface area contributed by atoms with Gasteiger partial charge >= 0.3 is 0 Å². The first-order valence-corrected chi connectivity index (χ1v) is 9.53. The van der Waals surface area contributed by atoms with Crippen LogP contribution in [0.5, 0.6) is 11.5 Å². The molecule has 0 N–H and O–H groups in total. The number of carbonyl (C=O) groups is 2. The summed E-state index contributed by atoms with van der Waals surface area (Å²) in [5.74, 6) is 3.21. The van der Waals surface area contributed by atoms with Crippen molar-refractivity contribution in [2.75, 3.05) is 13.7 Å². The molecule has 0 saturated carbocycles. The molecule has 0 aliphatic carbocycles. The maximum absolute atomic E-state index is 12.3. The molecule has 7 heteroatoms. The molecule has 1 heterocycles. The Kier molecular flexibility index (Phi) is 6.79. The Morgan fingerprint density at radius 2 is 2.16 bits per heavy atom. The quantitative estimate of drug-likeness (QED) is 0.355. The Labute approximate surface area is 165 Å². The third kappa shape index (κ3) is 4.50. The fourth-order valence-electron chi connectivity index (χ4n) is 2.10. The van der Waals surface area contributed by atoms with Gasteiger partial charge in [-0.2, -0.15) is 0 Å². The van der Waals surface area contributed by atoms with Crippen LogP contribution in [0.4, 0.5) is 4.79 Å². The number of hydrogen-bond donors (Lipinski definition) is 0. The Bertz CT molecular complexity index is 769. The smallest absolute Gasteiger partial charge is 0.294 e. The van der Waals surface area contributed by atoms with E-state index in [1.54, 1.807) is 19.3 Å². The molecule has 1 atom stereocenters. The van der Waals surface area contributed by atoms with Gasteiger partial charge in [0.1, 0.15) is 0 Å². The average Bonchev–Trinajstić information content (AvgIpc) is 2.84. The Morgan fingerprint density at radius 3 is 2.76 bits per heavy atom. The molecule has 0 spiro atoms. The first-order valence-electron chi connectivity index (χ1n) is 7.64. The van der Waals surface area contributed by atoms with Crippen molar-refractivity contribution in [2.45, 2.75) is 26.4 Å². The largest absolute Gasteiger partial charge is 0.493 e. The highest BCUT2D eigenvalue weighted by Crippen LogP contribution is 2.37. The highest BCUT2D eigenvalue weighted by molar-refractivity contribution is 14.1. The van der Waals surface area contributed by atoms with E-state index >= 15 is 0 Å². The second-order valence-electron chi connectivity index (χ2n) is 5.34. The third-order valence-corrected chi connectivity index (χ3v) is 5.28. The minimum Gasteiger partial charge on any atom is -0.493 e. The van der Waals surface area contributed by atoms with Crippen molar-refractivity contribution in [1.29, 1.82) is 0 Å². The number of terminal acetylenes is 1. The van der Waals surface area contributed by atoms with E-state index in [1.165, 1.54) is 0 Å². The van der Waals surface area contributed by atoms with E-state index < -0.39 is 0 Å². The molecule has 2 amide bonds. The molecule has 1 aliphatic heterocycles. The lowest BCUT2D eigenvalue weighted by molar-refractivity contribution is -0.122. The molecule has 1 fully saturated rings. The minimum absolute atomic E-state index is 0.0233. The van der Waals surface area contributed by atoms with Gasteiger partial charge in [-0.3, -0.25) is 14.5 Å². The molecule has 0 radical (unpaired) electrons. The maximum atomic E-state index is 12.3. The van der Waals surface area contributed by atoms with Crippen molar-refractivity contribution in [2.24, 2.45) is 0 Å². The Morgan fingerprint density at radius 1 is 1.44 bits per heavy atom. The monoisotopic (exact) mass is 471 g/mol. The summed E-state index contributed by atoms with van der Waals surface area (Å²) in [7, 11) is 1.57. The number of imide groups is 1. The van der Waals surface area contributed by atoms with Crippen LogP contribution in [-0.4, -0.2) is 35.8 Å². The molecule has 1 aliphatic rings. The van der Waals surface area contributed by atoms with Gasteiger partial charge in [0.05, 0.1) is 28.2 Å². The van der Waals surface area contributed by atoms with Crippen LogP contribution in [0.25, 0.3) is 6.08 Å². The SMILES string of the molecule is C#CCN1C(=O)S/C(=C/c2cc(I)c(O[C@@H](C)CC)c(OC)c2)C1=O. The van der Waals surface area contributed by atoms with Crippen molar-refractivity contribution >= 4 is 51.6 Å². The van der Waals surface area contributed by atoms with Crippen LogP contribution in [0.3, 0.4) is 0 Å². The summed E-state index contributed by atoms with van der Waals surface area (Å²) in [5, 5.41) is -0.354. The van der Waals surface area contributed by atoms with Gasteiger partial charge in [0.2, 0.25) is 0 Å². The van der Waals surface area contributed by atoms with Gasteiger partial charge in [0, 0.05) is 0 Å². The summed E-state index contributed by atoms with van der Waals surface area (Å²) < 4.78 is 12.2. The fourth-order valence-corrected chi connectivity index (χ4v) is 3.69. The van der Waals surface area contributed by atoms with Crippen molar-refractivity contribution in [3.05, 3.63) is 26.2 Å². The van der Waals surface area contributed by atoms with Crippen molar-refractivity contribution < 1.29 is 19.1 Å². The van der Waals surface area contributed by atoms with Gasteiger partial charge < -0.3 is 9.47 Å². The number of nitrogens with zero attached hydrogens (tertiary/aromatic N) is 1. The van der Waals surface area contributed by atoms with E-state index in [-0.39, 0.29) is 23.8 Å². The summed E-state index contributed by atoms with van der Waals surface area (Å²) in [6.45, 7) is 4.01. The van der Waals surface area contributed by atoms with Crippen LogP contribution in [0.1, 0.15) is 25.8 Å². The first kappa shape index (κ1) is 19.7. The van der Waals surface area contributed by atoms with E-state index in [1.807, 2.05) is 19.9 Å². The molecule has 0 aromatic heterocycles. The van der Waals surface area contributed by atoms with Gasteiger partial charge in [-0.05, 0) is 71.5 Å². The molecule has 1 aromatic rings. The van der Waals surface area contributed by atoms with Gasteiger partial charge in [-0.25, -0.2) is 0 Å². The number of halogens is 1. The summed E-state index contributed by atoms with van der Waals surface area (Å²) in [6.07, 6.45) is 7.81. The average molecular weight is 471 g/mol. The number of ether oxygens (including phenoxy) is 2. The number of amides is 2. The van der Waals surface area contributed by atoms with E-state index in [4.69, 9.17) is 15.9 Å². The molecule has 2 rings (SSSR count). The number of hydrogen-bond acceptors (Lipinski definition) is 5. The second kappa shape index (κ2) is 8.63. The minimum atomic E-state index is -0.373. The lowest BCUT2D eigenvalue weighted by atomic mass is 10.1. The van der Waals surface area contributed by atoms with Gasteiger partial charge in [-0.1, -0.05) is 12.8 Å². The predicted molar refractivity (Wildman–Crippen MR) is 108 cm³/mol. The maximum Gasteiger partial charge on any atom is 0.294 e. The van der Waals surface area contributed by atoms with Crippen LogP contribution in [0, 0.1) is 15.9 Å². The molecule has 1 aromatic carbocycles. The van der Waals surface area contributed by atoms with Crippen LogP contribution < -0.4 is 9.47 Å². The topological polar surface area (TPSA) is 55.8 Å². The third-order valence-electron chi connectivity index (χ3n) is 3.57. The van der Waals surface area contributed by atoms with Gasteiger partial charge in [0.15, 0.2) is 11.5 Å². The summed E-state index contributed by atoms with van der Waals surface area (Å²) in [6, 6.07) is 3.67. The summed E-state index contributed by atoms with van der Waals surface area (Å²) in [5.41, 5.74) is 0.754. The number of benzene rings is 1. The molecule has 0 bridgehead atoms. The van der Waals surface area contributed by atoms with Crippen molar-refractivity contribution in [3.8, 4) is 23.8 Å². The highest BCUT2D eigenvalue weighted by atomic mass is 127. The Balaban J connectivity index is 2.35. The first-order chi connectivity index (χ1) is 11.9. The van der Waals surface area contributed by atoms with E-state index in [0.29, 0.717) is 16.4 Å². The highest BCUT2D eigenvalue weighted by Gasteiger charge is 2.34. The molecule has 0 unspecified atom stereocenters. The fraction of sp³-hybridized carbons (Fsp3) is 0.333. The zero-order chi connectivity index (χ0) is 18.6. The zero-order valence-electron chi connectivity index (χ0n) is 14.2. The van der Waals surface area contributed by atoms with Crippen LogP contribution in [0.15, 0.2) is 17.0 Å². The molecular formula is C18H18INO4S. The predicted octanol–water partition coefficient (Wildman–Crippen LogP) is 4.15. The summed E-state index contributed by atoms with van der Waals surface area (Å²) in [4.78, 5) is 25.5. The molecule has 25 heavy (non-hydrogen) atoms. The normalized spacial score (nSPS) is 16.9. The Hall–Kier alpha value is -1.66. The molecule has 1 saturated heterocycles. The zero-order valence-corrected chi connectivity index (χ0v) is 17.1. The standard InChI is InChI=1S/C18H18INO4S/c1-5-7-20-17(21)15(25-18(20)22)10-12-8-13(19)16(14(9-12)23-4)24-11(3)6-2/h1,8-11H,6-7H2,2-4H3/b15-10+/t11-/m0/s1. The van der Waals surface area contributed by atoms with E-state index in [0.717, 1.165) is 32.2 Å². The molecule has 132 valence electrons. The second-order valence-corrected chi connectivity index (χ2v) is 7.50.